The lowest BCUT2D eigenvalue weighted by Gasteiger charge is -2.07. The van der Waals surface area contributed by atoms with Crippen molar-refractivity contribution < 1.29 is 18.7 Å². The molecule has 1 aliphatic heterocycles. The molecule has 23 heavy (non-hydrogen) atoms. The summed E-state index contributed by atoms with van der Waals surface area (Å²) in [7, 11) is 1.49. The van der Waals surface area contributed by atoms with Gasteiger partial charge in [-0.15, -0.1) is 0 Å². The van der Waals surface area contributed by atoms with Crippen molar-refractivity contribution in [1.29, 1.82) is 0 Å². The third kappa shape index (κ3) is 3.10. The number of nitrogens with zero attached hydrogens (tertiary/aromatic N) is 1. The maximum atomic E-state index is 13.7. The van der Waals surface area contributed by atoms with E-state index in [1.165, 1.54) is 19.3 Å². The fraction of sp³-hybridized carbons (Fsp3) is 0.0588. The maximum Gasteiger partial charge on any atom is 0.363 e. The molecule has 0 saturated carbocycles. The van der Waals surface area contributed by atoms with Crippen molar-refractivity contribution in [3.05, 3.63) is 70.1 Å². The Bertz CT molecular complexity index is 845. The molecule has 1 aliphatic rings. The van der Waals surface area contributed by atoms with Gasteiger partial charge >= 0.3 is 5.97 Å². The van der Waals surface area contributed by atoms with Crippen molar-refractivity contribution in [2.24, 2.45) is 4.99 Å². The predicted molar refractivity (Wildman–Crippen MR) is 85.0 cm³/mol. The van der Waals surface area contributed by atoms with Crippen LogP contribution in [0.15, 0.2) is 53.2 Å². The number of cyclic esters (lactones) is 1. The van der Waals surface area contributed by atoms with Gasteiger partial charge in [-0.2, -0.15) is 0 Å². The summed E-state index contributed by atoms with van der Waals surface area (Å²) in [5.41, 5.74) is 0.708. The number of benzene rings is 2. The second-order valence-corrected chi connectivity index (χ2v) is 5.14. The van der Waals surface area contributed by atoms with Crippen LogP contribution in [-0.4, -0.2) is 19.0 Å². The Hall–Kier alpha value is -2.66. The number of rotatable bonds is 3. The van der Waals surface area contributed by atoms with Gasteiger partial charge in [0.15, 0.2) is 5.70 Å². The Morgan fingerprint density at radius 1 is 1.26 bits per heavy atom. The summed E-state index contributed by atoms with van der Waals surface area (Å²) >= 11 is 5.96. The molecule has 2 aromatic rings. The van der Waals surface area contributed by atoms with E-state index in [2.05, 4.69) is 4.99 Å². The van der Waals surface area contributed by atoms with E-state index in [1.54, 1.807) is 36.4 Å². The molecule has 0 bridgehead atoms. The van der Waals surface area contributed by atoms with E-state index >= 15 is 0 Å². The van der Waals surface area contributed by atoms with Crippen LogP contribution in [-0.2, 0) is 9.53 Å². The Balaban J connectivity index is 2.03. The molecule has 0 aliphatic carbocycles. The standard InChI is InChI=1S/C17H11ClFNO3/c1-22-15-7-6-11(18)9-12(15)16-20-14(17(21)23-16)8-10-4-2-3-5-13(10)19/h2-9H,1H3. The second-order valence-electron chi connectivity index (χ2n) is 4.70. The Morgan fingerprint density at radius 2 is 2.04 bits per heavy atom. The number of ether oxygens (including phenoxy) is 2. The summed E-state index contributed by atoms with van der Waals surface area (Å²) < 4.78 is 24.0. The van der Waals surface area contributed by atoms with Gasteiger partial charge in [-0.1, -0.05) is 29.8 Å². The van der Waals surface area contributed by atoms with Crippen LogP contribution in [0.4, 0.5) is 4.39 Å². The molecule has 0 amide bonds. The fourth-order valence-corrected chi connectivity index (χ4v) is 2.28. The Kier molecular flexibility index (Phi) is 4.12. The number of methoxy groups -OCH3 is 1. The molecule has 1 heterocycles. The van der Waals surface area contributed by atoms with Gasteiger partial charge in [0.05, 0.1) is 12.7 Å². The van der Waals surface area contributed by atoms with E-state index in [1.807, 2.05) is 0 Å². The number of aliphatic imine (C=N–C) groups is 1. The summed E-state index contributed by atoms with van der Waals surface area (Å²) in [4.78, 5) is 16.1. The lowest BCUT2D eigenvalue weighted by atomic mass is 10.2. The van der Waals surface area contributed by atoms with Crippen LogP contribution in [0.25, 0.3) is 6.08 Å². The third-order valence-electron chi connectivity index (χ3n) is 3.21. The normalized spacial score (nSPS) is 15.5. The van der Waals surface area contributed by atoms with Crippen molar-refractivity contribution in [1.82, 2.24) is 0 Å². The monoisotopic (exact) mass is 331 g/mol. The van der Waals surface area contributed by atoms with Crippen molar-refractivity contribution in [2.45, 2.75) is 0 Å². The molecular formula is C17H11ClFNO3. The number of hydrogen-bond donors (Lipinski definition) is 0. The first kappa shape index (κ1) is 15.2. The van der Waals surface area contributed by atoms with Gasteiger partial charge in [-0.25, -0.2) is 14.2 Å². The molecule has 0 N–H and O–H groups in total. The first-order valence-electron chi connectivity index (χ1n) is 6.69. The van der Waals surface area contributed by atoms with Crippen molar-refractivity contribution in [3.63, 3.8) is 0 Å². The number of hydrogen-bond acceptors (Lipinski definition) is 4. The molecule has 0 saturated heterocycles. The molecule has 0 aromatic heterocycles. The summed E-state index contributed by atoms with van der Waals surface area (Å²) in [6.07, 6.45) is 1.34. The van der Waals surface area contributed by atoms with E-state index in [-0.39, 0.29) is 17.2 Å². The highest BCUT2D eigenvalue weighted by atomic mass is 35.5. The molecule has 0 atom stereocenters. The van der Waals surface area contributed by atoms with Gasteiger partial charge in [0.1, 0.15) is 11.6 Å². The lowest BCUT2D eigenvalue weighted by molar-refractivity contribution is -0.129. The molecule has 3 rings (SSSR count). The highest BCUT2D eigenvalue weighted by Crippen LogP contribution is 2.28. The summed E-state index contributed by atoms with van der Waals surface area (Å²) in [6.45, 7) is 0. The quantitative estimate of drug-likeness (QED) is 0.634. The number of carbonyl (C=O) groups excluding carboxylic acids is 1. The molecule has 6 heteroatoms. The summed E-state index contributed by atoms with van der Waals surface area (Å²) in [6, 6.07) is 11.0. The van der Waals surface area contributed by atoms with Crippen LogP contribution in [0.1, 0.15) is 11.1 Å². The van der Waals surface area contributed by atoms with Crippen LogP contribution in [0, 0.1) is 5.82 Å². The zero-order valence-electron chi connectivity index (χ0n) is 12.0. The zero-order valence-corrected chi connectivity index (χ0v) is 12.8. The molecule has 0 unspecified atom stereocenters. The minimum Gasteiger partial charge on any atom is -0.496 e. The van der Waals surface area contributed by atoms with Gasteiger partial charge in [0.2, 0.25) is 5.90 Å². The van der Waals surface area contributed by atoms with Crippen molar-refractivity contribution in [2.75, 3.05) is 7.11 Å². The van der Waals surface area contributed by atoms with Gasteiger partial charge < -0.3 is 9.47 Å². The largest absolute Gasteiger partial charge is 0.496 e. The molecule has 0 radical (unpaired) electrons. The molecule has 0 fully saturated rings. The minimum absolute atomic E-state index is 0.00660. The first-order valence-corrected chi connectivity index (χ1v) is 7.07. The number of esters is 1. The molecular weight excluding hydrogens is 321 g/mol. The average molecular weight is 332 g/mol. The second kappa shape index (κ2) is 6.22. The predicted octanol–water partition coefficient (Wildman–Crippen LogP) is 3.83. The van der Waals surface area contributed by atoms with Crippen LogP contribution in [0.3, 0.4) is 0 Å². The molecule has 2 aromatic carbocycles. The minimum atomic E-state index is -0.662. The maximum absolute atomic E-state index is 13.7. The Morgan fingerprint density at radius 3 is 2.78 bits per heavy atom. The Labute approximate surface area is 136 Å². The topological polar surface area (TPSA) is 47.9 Å². The van der Waals surface area contributed by atoms with E-state index in [9.17, 15) is 9.18 Å². The van der Waals surface area contributed by atoms with Gasteiger partial charge in [-0.3, -0.25) is 0 Å². The van der Waals surface area contributed by atoms with Crippen LogP contribution in [0.2, 0.25) is 5.02 Å². The fourth-order valence-electron chi connectivity index (χ4n) is 2.11. The highest BCUT2D eigenvalue weighted by molar-refractivity contribution is 6.31. The first-order chi connectivity index (χ1) is 11.1. The van der Waals surface area contributed by atoms with E-state index in [0.717, 1.165) is 0 Å². The van der Waals surface area contributed by atoms with Gasteiger partial charge in [0, 0.05) is 10.6 Å². The highest BCUT2D eigenvalue weighted by Gasteiger charge is 2.26. The summed E-state index contributed by atoms with van der Waals surface area (Å²) in [5.74, 6) is -0.577. The zero-order chi connectivity index (χ0) is 16.4. The third-order valence-corrected chi connectivity index (χ3v) is 3.44. The summed E-state index contributed by atoms with van der Waals surface area (Å²) in [5, 5.41) is 0.450. The van der Waals surface area contributed by atoms with E-state index < -0.39 is 11.8 Å². The SMILES string of the molecule is COc1ccc(Cl)cc1C1=NC(=Cc2ccccc2F)C(=O)O1. The van der Waals surface area contributed by atoms with Gasteiger partial charge in [0.25, 0.3) is 0 Å². The van der Waals surface area contributed by atoms with Crippen molar-refractivity contribution in [3.8, 4) is 5.75 Å². The van der Waals surface area contributed by atoms with E-state index in [0.29, 0.717) is 16.3 Å². The number of halogens is 2. The molecule has 0 spiro atoms. The number of carbonyl (C=O) groups is 1. The molecule has 4 nitrogen and oxygen atoms in total. The van der Waals surface area contributed by atoms with Crippen LogP contribution < -0.4 is 4.74 Å². The lowest BCUT2D eigenvalue weighted by Crippen LogP contribution is -2.07. The smallest absolute Gasteiger partial charge is 0.363 e. The van der Waals surface area contributed by atoms with Crippen LogP contribution >= 0.6 is 11.6 Å². The molecule has 116 valence electrons. The van der Waals surface area contributed by atoms with Crippen molar-refractivity contribution >= 4 is 29.5 Å². The van der Waals surface area contributed by atoms with E-state index in [4.69, 9.17) is 21.1 Å². The van der Waals surface area contributed by atoms with Crippen LogP contribution in [0.5, 0.6) is 5.75 Å². The van der Waals surface area contributed by atoms with Gasteiger partial charge in [-0.05, 0) is 30.3 Å². The average Bonchev–Trinajstić information content (AvgIpc) is 2.90.